The molecule has 2 rings (SSSR count). The van der Waals surface area contributed by atoms with E-state index in [0.29, 0.717) is 6.54 Å². The van der Waals surface area contributed by atoms with Gasteiger partial charge in [0.15, 0.2) is 0 Å². The number of rotatable bonds is 5. The van der Waals surface area contributed by atoms with Crippen molar-refractivity contribution in [2.75, 3.05) is 6.54 Å². The summed E-state index contributed by atoms with van der Waals surface area (Å²) < 4.78 is 0. The Morgan fingerprint density at radius 1 is 1.44 bits per heavy atom. The van der Waals surface area contributed by atoms with E-state index in [2.05, 4.69) is 31.3 Å². The van der Waals surface area contributed by atoms with Gasteiger partial charge >= 0.3 is 0 Å². The van der Waals surface area contributed by atoms with E-state index >= 15 is 0 Å². The molecular formula is C15H22N2O. The quantitative estimate of drug-likeness (QED) is 0.831. The van der Waals surface area contributed by atoms with Crippen LogP contribution in [0.5, 0.6) is 0 Å². The van der Waals surface area contributed by atoms with Crippen LogP contribution >= 0.6 is 0 Å². The van der Waals surface area contributed by atoms with E-state index < -0.39 is 0 Å². The predicted octanol–water partition coefficient (Wildman–Crippen LogP) is 1.72. The fourth-order valence-corrected chi connectivity index (χ4v) is 2.31. The van der Waals surface area contributed by atoms with E-state index in [9.17, 15) is 4.79 Å². The van der Waals surface area contributed by atoms with Gasteiger partial charge in [-0.05, 0) is 23.8 Å². The molecule has 1 aromatic rings. The minimum atomic E-state index is 0.0382. The first-order chi connectivity index (χ1) is 8.53. The first-order valence-corrected chi connectivity index (χ1v) is 6.57. The second-order valence-corrected chi connectivity index (χ2v) is 5.88. The highest BCUT2D eigenvalue weighted by Crippen LogP contribution is 2.51. The summed E-state index contributed by atoms with van der Waals surface area (Å²) >= 11 is 0. The number of benzene rings is 1. The lowest BCUT2D eigenvalue weighted by Crippen LogP contribution is -2.42. The Balaban J connectivity index is 1.88. The third-order valence-corrected chi connectivity index (χ3v) is 3.79. The Labute approximate surface area is 109 Å². The Hall–Kier alpha value is -1.35. The van der Waals surface area contributed by atoms with Gasteiger partial charge < -0.3 is 11.1 Å². The van der Waals surface area contributed by atoms with Crippen LogP contribution in [0, 0.1) is 11.3 Å². The van der Waals surface area contributed by atoms with Crippen LogP contribution in [0.2, 0.25) is 0 Å². The number of nitrogens with one attached hydrogen (secondary N) is 1. The third kappa shape index (κ3) is 3.10. The molecule has 2 unspecified atom stereocenters. The van der Waals surface area contributed by atoms with Crippen LogP contribution in [0.3, 0.4) is 0 Å². The number of hydrogen-bond donors (Lipinski definition) is 2. The molecule has 1 aliphatic rings. The lowest BCUT2D eigenvalue weighted by Gasteiger charge is -2.17. The molecule has 3 heteroatoms. The Morgan fingerprint density at radius 3 is 2.56 bits per heavy atom. The fourth-order valence-electron chi connectivity index (χ4n) is 2.31. The summed E-state index contributed by atoms with van der Waals surface area (Å²) in [5.74, 6) is 0.328. The molecule has 1 aliphatic carbocycles. The second-order valence-electron chi connectivity index (χ2n) is 5.88. The Kier molecular flexibility index (Phi) is 3.71. The molecule has 0 heterocycles. The minimum Gasteiger partial charge on any atom is -0.352 e. The van der Waals surface area contributed by atoms with E-state index in [1.165, 1.54) is 5.56 Å². The molecule has 1 amide bonds. The minimum absolute atomic E-state index is 0.0382. The number of carbonyl (C=O) groups is 1. The molecule has 1 saturated carbocycles. The maximum Gasteiger partial charge on any atom is 0.223 e. The van der Waals surface area contributed by atoms with Crippen LogP contribution in [0.15, 0.2) is 30.3 Å². The van der Waals surface area contributed by atoms with Gasteiger partial charge in [0.05, 0.1) is 0 Å². The van der Waals surface area contributed by atoms with E-state index in [1.807, 2.05) is 18.2 Å². The summed E-state index contributed by atoms with van der Waals surface area (Å²) in [6, 6.07) is 10.2. The van der Waals surface area contributed by atoms with Gasteiger partial charge in [0.25, 0.3) is 0 Å². The smallest absolute Gasteiger partial charge is 0.223 e. The largest absolute Gasteiger partial charge is 0.352 e. The van der Waals surface area contributed by atoms with Crippen molar-refractivity contribution in [3.63, 3.8) is 0 Å². The van der Waals surface area contributed by atoms with E-state index in [1.54, 1.807) is 0 Å². The molecule has 0 aliphatic heterocycles. The van der Waals surface area contributed by atoms with Gasteiger partial charge in [-0.2, -0.15) is 0 Å². The predicted molar refractivity (Wildman–Crippen MR) is 73.0 cm³/mol. The molecule has 98 valence electrons. The average Bonchev–Trinajstić information content (AvgIpc) is 2.99. The molecule has 3 nitrogen and oxygen atoms in total. The zero-order chi connectivity index (χ0) is 13.2. The summed E-state index contributed by atoms with van der Waals surface area (Å²) in [5, 5.41) is 3.07. The topological polar surface area (TPSA) is 55.1 Å². The molecule has 0 aromatic heterocycles. The monoisotopic (exact) mass is 246 g/mol. The van der Waals surface area contributed by atoms with Crippen molar-refractivity contribution in [3.05, 3.63) is 35.9 Å². The molecule has 0 radical (unpaired) electrons. The number of hydrogen-bond acceptors (Lipinski definition) is 2. The molecular weight excluding hydrogens is 224 g/mol. The highest BCUT2D eigenvalue weighted by molar-refractivity contribution is 5.82. The van der Waals surface area contributed by atoms with Crippen LogP contribution < -0.4 is 11.1 Å². The fraction of sp³-hybridized carbons (Fsp3) is 0.533. The molecule has 1 fully saturated rings. The van der Waals surface area contributed by atoms with Crippen LogP contribution in [0.1, 0.15) is 25.8 Å². The normalized spacial score (nSPS) is 22.3. The zero-order valence-corrected chi connectivity index (χ0v) is 11.1. The molecule has 18 heavy (non-hydrogen) atoms. The number of nitrogens with two attached hydrogens (primary N) is 1. The van der Waals surface area contributed by atoms with Gasteiger partial charge in [0.2, 0.25) is 5.91 Å². The van der Waals surface area contributed by atoms with Crippen LogP contribution in [-0.4, -0.2) is 18.5 Å². The van der Waals surface area contributed by atoms with Gasteiger partial charge in [-0.15, -0.1) is 0 Å². The number of amides is 1. The SMILES string of the molecule is CC1(C)CC1C(=O)NC(CN)Cc1ccccc1. The van der Waals surface area contributed by atoms with Crippen molar-refractivity contribution in [3.8, 4) is 0 Å². The molecule has 0 saturated heterocycles. The van der Waals surface area contributed by atoms with Crippen LogP contribution in [0.25, 0.3) is 0 Å². The number of carbonyl (C=O) groups excluding carboxylic acids is 1. The highest BCUT2D eigenvalue weighted by atomic mass is 16.2. The second kappa shape index (κ2) is 5.11. The highest BCUT2D eigenvalue weighted by Gasteiger charge is 2.50. The van der Waals surface area contributed by atoms with E-state index in [0.717, 1.165) is 12.8 Å². The lowest BCUT2D eigenvalue weighted by molar-refractivity contribution is -0.123. The van der Waals surface area contributed by atoms with Gasteiger partial charge in [0, 0.05) is 18.5 Å². The summed E-state index contributed by atoms with van der Waals surface area (Å²) in [4.78, 5) is 12.0. The van der Waals surface area contributed by atoms with Crippen molar-refractivity contribution in [2.24, 2.45) is 17.1 Å². The molecule has 1 aromatic carbocycles. The van der Waals surface area contributed by atoms with Crippen molar-refractivity contribution >= 4 is 5.91 Å². The standard InChI is InChI=1S/C15H22N2O/c1-15(2)9-13(15)14(18)17-12(10-16)8-11-6-4-3-5-7-11/h3-7,12-13H,8-10,16H2,1-2H3,(H,17,18). The maximum absolute atomic E-state index is 12.0. The van der Waals surface area contributed by atoms with Gasteiger partial charge in [-0.3, -0.25) is 4.79 Å². The molecule has 0 spiro atoms. The summed E-state index contributed by atoms with van der Waals surface area (Å²) in [6.45, 7) is 4.74. The average molecular weight is 246 g/mol. The van der Waals surface area contributed by atoms with E-state index in [-0.39, 0.29) is 23.3 Å². The Bertz CT molecular complexity index is 414. The third-order valence-electron chi connectivity index (χ3n) is 3.79. The van der Waals surface area contributed by atoms with Gasteiger partial charge in [0.1, 0.15) is 0 Å². The van der Waals surface area contributed by atoms with E-state index in [4.69, 9.17) is 5.73 Å². The van der Waals surface area contributed by atoms with Crippen LogP contribution in [-0.2, 0) is 11.2 Å². The maximum atomic E-state index is 12.0. The summed E-state index contributed by atoms with van der Waals surface area (Å²) in [5.41, 5.74) is 7.13. The van der Waals surface area contributed by atoms with Crippen molar-refractivity contribution in [1.82, 2.24) is 5.32 Å². The molecule has 2 atom stereocenters. The first-order valence-electron chi connectivity index (χ1n) is 6.57. The van der Waals surface area contributed by atoms with Gasteiger partial charge in [-0.1, -0.05) is 44.2 Å². The van der Waals surface area contributed by atoms with Crippen molar-refractivity contribution < 1.29 is 4.79 Å². The molecule has 3 N–H and O–H groups in total. The van der Waals surface area contributed by atoms with Crippen LogP contribution in [0.4, 0.5) is 0 Å². The Morgan fingerprint density at radius 2 is 2.06 bits per heavy atom. The van der Waals surface area contributed by atoms with Crippen molar-refractivity contribution in [2.45, 2.75) is 32.7 Å². The zero-order valence-electron chi connectivity index (χ0n) is 11.1. The summed E-state index contributed by atoms with van der Waals surface area (Å²) in [6.07, 6.45) is 1.79. The first kappa shape index (κ1) is 13.1. The van der Waals surface area contributed by atoms with Gasteiger partial charge in [-0.25, -0.2) is 0 Å². The molecule has 0 bridgehead atoms. The van der Waals surface area contributed by atoms with Crippen molar-refractivity contribution in [1.29, 1.82) is 0 Å². The summed E-state index contributed by atoms with van der Waals surface area (Å²) in [7, 11) is 0. The lowest BCUT2D eigenvalue weighted by atomic mass is 10.0.